The molecular formula is C28H34F3NO3. The van der Waals surface area contributed by atoms with Crippen LogP contribution in [0.25, 0.3) is 10.8 Å². The Hall–Kier alpha value is -2.28. The van der Waals surface area contributed by atoms with Crippen LogP contribution in [0.15, 0.2) is 30.3 Å². The number of halogens is 3. The number of hydrogen-bond acceptors (Lipinski definition) is 3. The maximum Gasteiger partial charge on any atom is 0.420 e. The summed E-state index contributed by atoms with van der Waals surface area (Å²) >= 11 is 0. The maximum atomic E-state index is 14.3. The normalized spacial score (nSPS) is 29.4. The van der Waals surface area contributed by atoms with Crippen LogP contribution in [0.4, 0.5) is 13.2 Å². The van der Waals surface area contributed by atoms with Crippen LogP contribution < -0.4 is 4.74 Å². The summed E-state index contributed by atoms with van der Waals surface area (Å²) in [7, 11) is 0. The topological polar surface area (TPSA) is 49.8 Å². The first-order valence-electron chi connectivity index (χ1n) is 13.0. The van der Waals surface area contributed by atoms with Gasteiger partial charge in [0.05, 0.1) is 12.0 Å². The van der Waals surface area contributed by atoms with Crippen molar-refractivity contribution in [1.82, 2.24) is 4.90 Å². The average Bonchev–Trinajstić information content (AvgIpc) is 3.04. The predicted octanol–water partition coefficient (Wildman–Crippen LogP) is 6.69. The summed E-state index contributed by atoms with van der Waals surface area (Å²) in [6.07, 6.45) is 2.86. The largest absolute Gasteiger partial charge is 0.490 e. The third kappa shape index (κ3) is 5.16. The van der Waals surface area contributed by atoms with Crippen molar-refractivity contribution in [3.63, 3.8) is 0 Å². The number of rotatable bonds is 6. The van der Waals surface area contributed by atoms with Gasteiger partial charge in [0.15, 0.2) is 0 Å². The fraction of sp³-hybridized carbons (Fsp3) is 0.607. The van der Waals surface area contributed by atoms with E-state index in [2.05, 4.69) is 11.8 Å². The van der Waals surface area contributed by atoms with Crippen LogP contribution in [-0.4, -0.2) is 40.7 Å². The lowest BCUT2D eigenvalue weighted by Gasteiger charge is -2.37. The van der Waals surface area contributed by atoms with Crippen LogP contribution in [0, 0.1) is 11.8 Å². The lowest BCUT2D eigenvalue weighted by atomic mass is 9.89. The Labute approximate surface area is 204 Å². The van der Waals surface area contributed by atoms with E-state index >= 15 is 0 Å². The highest BCUT2D eigenvalue weighted by Gasteiger charge is 2.42. The van der Waals surface area contributed by atoms with E-state index in [1.165, 1.54) is 6.07 Å². The smallest absolute Gasteiger partial charge is 0.420 e. The molecule has 5 rings (SSSR count). The summed E-state index contributed by atoms with van der Waals surface area (Å²) in [5, 5.41) is 10.2. The third-order valence-electron chi connectivity index (χ3n) is 8.48. The number of piperidine rings is 1. The Bertz CT molecular complexity index is 1060. The number of benzene rings is 2. The fourth-order valence-electron chi connectivity index (χ4n) is 6.52. The molecule has 3 atom stereocenters. The summed E-state index contributed by atoms with van der Waals surface area (Å²) in [6, 6.07) is 9.10. The highest BCUT2D eigenvalue weighted by molar-refractivity contribution is 5.89. The van der Waals surface area contributed by atoms with Crippen molar-refractivity contribution in [2.75, 3.05) is 6.54 Å². The number of ether oxygens (including phenoxy) is 1. The molecule has 1 saturated carbocycles. The molecule has 2 aromatic rings. The van der Waals surface area contributed by atoms with Crippen molar-refractivity contribution in [2.24, 2.45) is 11.8 Å². The van der Waals surface area contributed by atoms with Gasteiger partial charge in [-0.2, -0.15) is 13.2 Å². The zero-order chi connectivity index (χ0) is 24.7. The van der Waals surface area contributed by atoms with Gasteiger partial charge in [0.1, 0.15) is 11.3 Å². The second kappa shape index (κ2) is 9.64. The number of carbonyl (C=O) groups is 1. The summed E-state index contributed by atoms with van der Waals surface area (Å²) in [6.45, 7) is 2.92. The molecule has 0 radical (unpaired) electrons. The quantitative estimate of drug-likeness (QED) is 0.491. The molecule has 2 aliphatic heterocycles. The monoisotopic (exact) mass is 489 g/mol. The number of hydrogen-bond donors (Lipinski definition) is 1. The molecule has 4 nitrogen and oxygen atoms in total. The molecule has 2 aromatic carbocycles. The van der Waals surface area contributed by atoms with E-state index in [0.717, 1.165) is 50.6 Å². The minimum absolute atomic E-state index is 0.0597. The highest BCUT2D eigenvalue weighted by Crippen LogP contribution is 2.43. The molecule has 3 fully saturated rings. The fourth-order valence-corrected chi connectivity index (χ4v) is 6.52. The molecule has 35 heavy (non-hydrogen) atoms. The van der Waals surface area contributed by atoms with Crippen LogP contribution in [0.2, 0.25) is 0 Å². The molecule has 190 valence electrons. The second-order valence-corrected chi connectivity index (χ2v) is 10.9. The van der Waals surface area contributed by atoms with Crippen LogP contribution in [-0.2, 0) is 17.4 Å². The lowest BCUT2D eigenvalue weighted by Crippen LogP contribution is -2.45. The molecule has 1 N–H and O–H groups in total. The Morgan fingerprint density at radius 2 is 1.69 bits per heavy atom. The van der Waals surface area contributed by atoms with Gasteiger partial charge >= 0.3 is 12.1 Å². The van der Waals surface area contributed by atoms with E-state index in [4.69, 9.17) is 4.74 Å². The van der Waals surface area contributed by atoms with Crippen LogP contribution >= 0.6 is 0 Å². The number of alkyl halides is 3. The first-order valence-corrected chi connectivity index (χ1v) is 13.0. The molecular weight excluding hydrogens is 455 g/mol. The van der Waals surface area contributed by atoms with Gasteiger partial charge in [-0.05, 0) is 86.1 Å². The van der Waals surface area contributed by atoms with Crippen LogP contribution in [0.3, 0.4) is 0 Å². The van der Waals surface area contributed by atoms with E-state index in [9.17, 15) is 23.1 Å². The summed E-state index contributed by atoms with van der Waals surface area (Å²) in [5.41, 5.74) is 0.198. The number of aliphatic carboxylic acids is 1. The SMILES string of the molecule is C[C@H]1CC[C@@H](Oc2ccc3ccc(CCN4C5CC[C@@H]4CC(C(=O)O)C5)cc3c2C(F)(F)F)CC1. The molecule has 2 bridgehead atoms. The van der Waals surface area contributed by atoms with Gasteiger partial charge in [-0.15, -0.1) is 0 Å². The Balaban J connectivity index is 1.36. The predicted molar refractivity (Wildman–Crippen MR) is 129 cm³/mol. The van der Waals surface area contributed by atoms with Gasteiger partial charge in [-0.1, -0.05) is 31.2 Å². The summed E-state index contributed by atoms with van der Waals surface area (Å²) in [5.74, 6) is -0.446. The number of fused-ring (bicyclic) bond motifs is 3. The highest BCUT2D eigenvalue weighted by atomic mass is 19.4. The van der Waals surface area contributed by atoms with E-state index in [1.807, 2.05) is 6.07 Å². The molecule has 2 unspecified atom stereocenters. The number of carboxylic acid groups (broad SMARTS) is 1. The number of nitrogens with zero attached hydrogens (tertiary/aromatic N) is 1. The molecule has 0 amide bonds. The van der Waals surface area contributed by atoms with Crippen molar-refractivity contribution < 1.29 is 27.8 Å². The third-order valence-corrected chi connectivity index (χ3v) is 8.48. The lowest BCUT2D eigenvalue weighted by molar-refractivity contribution is -0.144. The summed E-state index contributed by atoms with van der Waals surface area (Å²) < 4.78 is 48.8. The standard InChI is InChI=1S/C28H34F3NO3/c1-17-2-9-23(10-3-17)35-25-11-6-19-5-4-18(14-24(19)26(25)28(29,30)31)12-13-32-21-7-8-22(32)16-20(15-21)27(33)34/h4-6,11,14,17,20-23H,2-3,7-10,12-13,15-16H2,1H3,(H,33,34)/t17-,20?,21-,22?,23+/m1/s1. The van der Waals surface area contributed by atoms with Crippen molar-refractivity contribution in [2.45, 2.75) is 89.1 Å². The molecule has 3 aliphatic rings. The van der Waals surface area contributed by atoms with Gasteiger partial charge in [0.2, 0.25) is 0 Å². The molecule has 7 heteroatoms. The van der Waals surface area contributed by atoms with E-state index < -0.39 is 17.7 Å². The van der Waals surface area contributed by atoms with Gasteiger partial charge in [-0.3, -0.25) is 9.69 Å². The van der Waals surface area contributed by atoms with Crippen LogP contribution in [0.1, 0.15) is 69.4 Å². The van der Waals surface area contributed by atoms with E-state index in [0.29, 0.717) is 30.6 Å². The first kappa shape index (κ1) is 24.4. The van der Waals surface area contributed by atoms with Crippen molar-refractivity contribution >= 4 is 16.7 Å². The number of carboxylic acids is 1. The Morgan fingerprint density at radius 3 is 2.31 bits per heavy atom. The Kier molecular flexibility index (Phi) is 6.73. The zero-order valence-corrected chi connectivity index (χ0v) is 20.2. The molecule has 1 aliphatic carbocycles. The first-order chi connectivity index (χ1) is 16.7. The van der Waals surface area contributed by atoms with Crippen molar-refractivity contribution in [1.29, 1.82) is 0 Å². The van der Waals surface area contributed by atoms with Gasteiger partial charge in [0, 0.05) is 18.6 Å². The average molecular weight is 490 g/mol. The van der Waals surface area contributed by atoms with E-state index in [-0.39, 0.29) is 35.2 Å². The maximum absolute atomic E-state index is 14.3. The molecule has 2 heterocycles. The molecule has 0 spiro atoms. The van der Waals surface area contributed by atoms with Gasteiger partial charge in [0.25, 0.3) is 0 Å². The zero-order valence-electron chi connectivity index (χ0n) is 20.2. The van der Waals surface area contributed by atoms with Gasteiger partial charge < -0.3 is 9.84 Å². The van der Waals surface area contributed by atoms with Gasteiger partial charge in [-0.25, -0.2) is 0 Å². The van der Waals surface area contributed by atoms with Crippen molar-refractivity contribution in [3.05, 3.63) is 41.5 Å². The molecule has 0 aromatic heterocycles. The Morgan fingerprint density at radius 1 is 1.03 bits per heavy atom. The second-order valence-electron chi connectivity index (χ2n) is 10.9. The van der Waals surface area contributed by atoms with Crippen molar-refractivity contribution in [3.8, 4) is 5.75 Å². The minimum atomic E-state index is -4.51. The minimum Gasteiger partial charge on any atom is -0.490 e. The molecule has 2 saturated heterocycles. The van der Waals surface area contributed by atoms with E-state index in [1.54, 1.807) is 18.2 Å². The van der Waals surface area contributed by atoms with Crippen LogP contribution in [0.5, 0.6) is 5.75 Å². The summed E-state index contributed by atoms with van der Waals surface area (Å²) in [4.78, 5) is 13.8.